The number of thiophene rings is 1. The van der Waals surface area contributed by atoms with E-state index in [4.69, 9.17) is 5.26 Å². The number of rotatable bonds is 3. The summed E-state index contributed by atoms with van der Waals surface area (Å²) in [6.45, 7) is 2.11. The molecule has 6 heteroatoms. The fourth-order valence-electron chi connectivity index (χ4n) is 2.37. The number of nitrogens with one attached hydrogen (secondary N) is 1. The fourth-order valence-corrected chi connectivity index (χ4v) is 3.16. The first-order valence-electron chi connectivity index (χ1n) is 6.64. The van der Waals surface area contributed by atoms with Gasteiger partial charge in [0, 0.05) is 19.1 Å². The normalized spacial score (nSPS) is 15.8. The summed E-state index contributed by atoms with van der Waals surface area (Å²) in [7, 11) is 0. The first-order chi connectivity index (χ1) is 9.85. The second-order valence-corrected chi connectivity index (χ2v) is 5.70. The van der Waals surface area contributed by atoms with Crippen LogP contribution in [0.1, 0.15) is 18.5 Å². The van der Waals surface area contributed by atoms with Gasteiger partial charge in [-0.05, 0) is 42.5 Å². The second kappa shape index (κ2) is 5.88. The number of piperidine rings is 1. The molecule has 1 fully saturated rings. The average Bonchev–Trinajstić information content (AvgIpc) is 3.03. The summed E-state index contributed by atoms with van der Waals surface area (Å²) in [5.41, 5.74) is 0.350. The maximum Gasteiger partial charge on any atom is 0.163 e. The van der Waals surface area contributed by atoms with E-state index in [-0.39, 0.29) is 0 Å². The number of hydrogen-bond acceptors (Lipinski definition) is 6. The molecule has 0 aromatic carbocycles. The topological polar surface area (TPSA) is 64.8 Å². The molecule has 0 unspecified atom stereocenters. The largest absolute Gasteiger partial charge is 0.366 e. The highest BCUT2D eigenvalue weighted by Crippen LogP contribution is 2.25. The van der Waals surface area contributed by atoms with Crippen LogP contribution in [0.15, 0.2) is 29.6 Å². The van der Waals surface area contributed by atoms with Crippen molar-refractivity contribution in [3.8, 4) is 6.07 Å². The first-order valence-corrected chi connectivity index (χ1v) is 7.52. The molecule has 102 valence electrons. The summed E-state index contributed by atoms with van der Waals surface area (Å²) in [6, 6.07) is 10.2. The van der Waals surface area contributed by atoms with Crippen molar-refractivity contribution in [3.63, 3.8) is 0 Å². The lowest BCUT2D eigenvalue weighted by atomic mass is 10.1. The minimum Gasteiger partial charge on any atom is -0.366 e. The molecule has 2 aromatic heterocycles. The van der Waals surface area contributed by atoms with Gasteiger partial charge in [0.1, 0.15) is 11.9 Å². The molecule has 0 amide bonds. The van der Waals surface area contributed by atoms with E-state index in [0.29, 0.717) is 11.7 Å². The summed E-state index contributed by atoms with van der Waals surface area (Å²) >= 11 is 1.79. The van der Waals surface area contributed by atoms with Gasteiger partial charge in [-0.25, -0.2) is 0 Å². The molecule has 1 N–H and O–H groups in total. The second-order valence-electron chi connectivity index (χ2n) is 4.77. The summed E-state index contributed by atoms with van der Waals surface area (Å²) in [5, 5.41) is 23.4. The molecule has 0 aliphatic carbocycles. The Labute approximate surface area is 121 Å². The van der Waals surface area contributed by atoms with Crippen molar-refractivity contribution < 1.29 is 0 Å². The number of aromatic nitrogens is 2. The van der Waals surface area contributed by atoms with Gasteiger partial charge in [0.2, 0.25) is 0 Å². The minimum atomic E-state index is 0.350. The van der Waals surface area contributed by atoms with Crippen LogP contribution in [0.3, 0.4) is 0 Å². The third kappa shape index (κ3) is 2.89. The zero-order valence-electron chi connectivity index (χ0n) is 11.0. The molecule has 20 heavy (non-hydrogen) atoms. The molecule has 3 heterocycles. The van der Waals surface area contributed by atoms with E-state index in [1.54, 1.807) is 17.4 Å². The molecule has 0 spiro atoms. The standard InChI is InChI=1S/C14H15N5S/c15-10-12-3-4-13(18-17-12)16-11-5-7-19(8-6-11)14-2-1-9-20-14/h1-4,9,11H,5-8H2,(H,16,18). The van der Waals surface area contributed by atoms with Gasteiger partial charge in [-0.2, -0.15) is 5.26 Å². The zero-order chi connectivity index (χ0) is 13.8. The van der Waals surface area contributed by atoms with Crippen LogP contribution in [0.2, 0.25) is 0 Å². The van der Waals surface area contributed by atoms with Gasteiger partial charge in [-0.15, -0.1) is 21.5 Å². The van der Waals surface area contributed by atoms with E-state index in [9.17, 15) is 0 Å². The summed E-state index contributed by atoms with van der Waals surface area (Å²) < 4.78 is 0. The van der Waals surface area contributed by atoms with Gasteiger partial charge < -0.3 is 10.2 Å². The van der Waals surface area contributed by atoms with Crippen LogP contribution in [0, 0.1) is 11.3 Å². The summed E-state index contributed by atoms with van der Waals surface area (Å²) in [6.07, 6.45) is 2.17. The highest BCUT2D eigenvalue weighted by atomic mass is 32.1. The lowest BCUT2D eigenvalue weighted by Crippen LogP contribution is -2.38. The van der Waals surface area contributed by atoms with E-state index in [0.717, 1.165) is 31.7 Å². The van der Waals surface area contributed by atoms with Crippen molar-refractivity contribution in [1.82, 2.24) is 10.2 Å². The van der Waals surface area contributed by atoms with Crippen LogP contribution in [0.25, 0.3) is 0 Å². The monoisotopic (exact) mass is 285 g/mol. The lowest BCUT2D eigenvalue weighted by molar-refractivity contribution is 0.527. The Morgan fingerprint density at radius 1 is 1.25 bits per heavy atom. The third-order valence-electron chi connectivity index (χ3n) is 3.44. The van der Waals surface area contributed by atoms with Crippen molar-refractivity contribution >= 4 is 22.2 Å². The number of hydrogen-bond donors (Lipinski definition) is 1. The SMILES string of the molecule is N#Cc1ccc(NC2CCN(c3cccs3)CC2)nn1. The lowest BCUT2D eigenvalue weighted by Gasteiger charge is -2.33. The molecule has 0 bridgehead atoms. The maximum atomic E-state index is 8.69. The Kier molecular flexibility index (Phi) is 3.79. The molecular formula is C14H15N5S. The Morgan fingerprint density at radius 3 is 2.70 bits per heavy atom. The van der Waals surface area contributed by atoms with E-state index in [1.165, 1.54) is 5.00 Å². The van der Waals surface area contributed by atoms with Crippen LogP contribution < -0.4 is 10.2 Å². The van der Waals surface area contributed by atoms with E-state index in [1.807, 2.05) is 12.1 Å². The highest BCUT2D eigenvalue weighted by molar-refractivity contribution is 7.14. The highest BCUT2D eigenvalue weighted by Gasteiger charge is 2.20. The Hall–Kier alpha value is -2.13. The molecule has 0 radical (unpaired) electrons. The molecule has 2 aromatic rings. The third-order valence-corrected chi connectivity index (χ3v) is 4.37. The van der Waals surface area contributed by atoms with Gasteiger partial charge in [-0.3, -0.25) is 0 Å². The van der Waals surface area contributed by atoms with Crippen molar-refractivity contribution in [2.24, 2.45) is 0 Å². The molecule has 0 saturated carbocycles. The number of anilines is 2. The maximum absolute atomic E-state index is 8.69. The zero-order valence-corrected chi connectivity index (χ0v) is 11.8. The van der Waals surface area contributed by atoms with Gasteiger partial charge in [0.25, 0.3) is 0 Å². The van der Waals surface area contributed by atoms with Crippen molar-refractivity contribution in [3.05, 3.63) is 35.3 Å². The molecule has 0 atom stereocenters. The van der Waals surface area contributed by atoms with Gasteiger partial charge in [-0.1, -0.05) is 0 Å². The Morgan fingerprint density at radius 2 is 2.10 bits per heavy atom. The molecule has 3 rings (SSSR count). The van der Waals surface area contributed by atoms with Crippen LogP contribution >= 0.6 is 11.3 Å². The predicted octanol–water partition coefficient (Wildman–Crippen LogP) is 2.49. The minimum absolute atomic E-state index is 0.350. The van der Waals surface area contributed by atoms with E-state index >= 15 is 0 Å². The smallest absolute Gasteiger partial charge is 0.163 e. The van der Waals surface area contributed by atoms with Crippen molar-refractivity contribution in [1.29, 1.82) is 5.26 Å². The predicted molar refractivity (Wildman–Crippen MR) is 79.9 cm³/mol. The fraction of sp³-hybridized carbons (Fsp3) is 0.357. The van der Waals surface area contributed by atoms with Gasteiger partial charge in [0.15, 0.2) is 5.69 Å². The van der Waals surface area contributed by atoms with Crippen molar-refractivity contribution in [2.45, 2.75) is 18.9 Å². The van der Waals surface area contributed by atoms with Crippen LogP contribution in [0.4, 0.5) is 10.8 Å². The summed E-state index contributed by atoms with van der Waals surface area (Å²) in [5.74, 6) is 0.749. The van der Waals surface area contributed by atoms with Crippen LogP contribution in [-0.2, 0) is 0 Å². The number of nitrogens with zero attached hydrogens (tertiary/aromatic N) is 4. The van der Waals surface area contributed by atoms with E-state index in [2.05, 4.69) is 37.9 Å². The molecule has 1 saturated heterocycles. The van der Waals surface area contributed by atoms with Crippen LogP contribution in [0.5, 0.6) is 0 Å². The molecule has 1 aliphatic heterocycles. The molecule has 1 aliphatic rings. The molecule has 5 nitrogen and oxygen atoms in total. The Bertz CT molecular complexity index is 579. The number of nitriles is 1. The first kappa shape index (κ1) is 12.9. The van der Waals surface area contributed by atoms with Crippen LogP contribution in [-0.4, -0.2) is 29.3 Å². The Balaban J connectivity index is 1.54. The van der Waals surface area contributed by atoms with E-state index < -0.39 is 0 Å². The van der Waals surface area contributed by atoms with Gasteiger partial charge >= 0.3 is 0 Å². The quantitative estimate of drug-likeness (QED) is 0.938. The molecular weight excluding hydrogens is 270 g/mol. The van der Waals surface area contributed by atoms with Crippen molar-refractivity contribution in [2.75, 3.05) is 23.3 Å². The average molecular weight is 285 g/mol. The van der Waals surface area contributed by atoms with Gasteiger partial charge in [0.05, 0.1) is 5.00 Å². The summed E-state index contributed by atoms with van der Waals surface area (Å²) in [4.78, 5) is 2.42.